The van der Waals surface area contributed by atoms with Crippen LogP contribution in [-0.2, 0) is 0 Å². The first kappa shape index (κ1) is 14.2. The van der Waals surface area contributed by atoms with E-state index in [1.165, 1.54) is 0 Å². The minimum atomic E-state index is -0.0211. The fourth-order valence-corrected chi connectivity index (χ4v) is 1.76. The Labute approximate surface area is 111 Å². The van der Waals surface area contributed by atoms with Gasteiger partial charge in [0, 0.05) is 36.9 Å². The molecular weight excluding hydrogens is 282 g/mol. The molecule has 1 aromatic heterocycles. The van der Waals surface area contributed by atoms with E-state index in [0.29, 0.717) is 10.6 Å². The second kappa shape index (κ2) is 6.19. The van der Waals surface area contributed by atoms with Crippen molar-refractivity contribution in [1.29, 1.82) is 0 Å². The van der Waals surface area contributed by atoms with Crippen LogP contribution < -0.4 is 10.5 Å². The molecular formula is C12H20BrN3O. The molecule has 0 bridgehead atoms. The highest BCUT2D eigenvalue weighted by molar-refractivity contribution is 9.09. The molecule has 1 atom stereocenters. The Bertz CT molecular complexity index is 414. The van der Waals surface area contributed by atoms with Gasteiger partial charge in [-0.3, -0.25) is 4.79 Å². The van der Waals surface area contributed by atoms with Gasteiger partial charge in [0.15, 0.2) is 5.82 Å². The Morgan fingerprint density at radius 2 is 2.12 bits per heavy atom. The molecule has 0 aromatic carbocycles. The molecule has 0 fully saturated rings. The minimum Gasteiger partial charge on any atom is -0.355 e. The largest absolute Gasteiger partial charge is 0.355 e. The number of anilines is 1. The second-order valence-electron chi connectivity index (χ2n) is 4.55. The molecule has 0 aliphatic carbocycles. The number of alkyl halides is 1. The number of halogens is 1. The quantitative estimate of drug-likeness (QED) is 0.784. The summed E-state index contributed by atoms with van der Waals surface area (Å²) in [6.07, 6.45) is 4.40. The Hall–Kier alpha value is -0.840. The molecule has 1 heterocycles. The molecule has 5 heteroatoms. The normalized spacial score (nSPS) is 12.8. The van der Waals surface area contributed by atoms with E-state index >= 15 is 0 Å². The molecule has 1 aromatic rings. The third-order valence-electron chi connectivity index (χ3n) is 2.63. The first-order valence-corrected chi connectivity index (χ1v) is 6.77. The van der Waals surface area contributed by atoms with E-state index in [1.807, 2.05) is 25.8 Å². The summed E-state index contributed by atoms with van der Waals surface area (Å²) >= 11 is 3.50. The van der Waals surface area contributed by atoms with Crippen LogP contribution >= 0.6 is 15.9 Å². The molecule has 0 amide bonds. The van der Waals surface area contributed by atoms with Crippen molar-refractivity contribution in [2.45, 2.75) is 38.1 Å². The molecule has 0 N–H and O–H groups in total. The lowest BCUT2D eigenvalue weighted by Crippen LogP contribution is -2.32. The molecule has 1 unspecified atom stereocenters. The van der Waals surface area contributed by atoms with Crippen LogP contribution in [0.4, 0.5) is 5.82 Å². The maximum atomic E-state index is 12.1. The maximum absolute atomic E-state index is 12.1. The Morgan fingerprint density at radius 3 is 2.65 bits per heavy atom. The fourth-order valence-electron chi connectivity index (χ4n) is 1.56. The Balaban J connectivity index is 2.91. The summed E-state index contributed by atoms with van der Waals surface area (Å²) in [5.74, 6) is 0.523. The smallest absolute Gasteiger partial charge is 0.293 e. The predicted molar refractivity (Wildman–Crippen MR) is 75.2 cm³/mol. The topological polar surface area (TPSA) is 38.1 Å². The number of hydrogen-bond donors (Lipinski definition) is 0. The monoisotopic (exact) mass is 301 g/mol. The van der Waals surface area contributed by atoms with Crippen LogP contribution in [0.5, 0.6) is 0 Å². The van der Waals surface area contributed by atoms with Crippen molar-refractivity contribution >= 4 is 21.7 Å². The van der Waals surface area contributed by atoms with Crippen LogP contribution in [-0.4, -0.2) is 28.0 Å². The van der Waals surface area contributed by atoms with Crippen LogP contribution in [0.1, 0.15) is 33.2 Å². The van der Waals surface area contributed by atoms with Gasteiger partial charge in [-0.05, 0) is 20.3 Å². The zero-order valence-corrected chi connectivity index (χ0v) is 12.4. The molecule has 0 saturated heterocycles. The minimum absolute atomic E-state index is 0.0211. The number of rotatable bonds is 5. The van der Waals surface area contributed by atoms with E-state index in [1.54, 1.807) is 17.0 Å². The van der Waals surface area contributed by atoms with E-state index in [0.717, 1.165) is 13.0 Å². The van der Waals surface area contributed by atoms with Crippen molar-refractivity contribution in [3.63, 3.8) is 0 Å². The van der Waals surface area contributed by atoms with Gasteiger partial charge < -0.3 is 9.47 Å². The van der Waals surface area contributed by atoms with Gasteiger partial charge in [0.25, 0.3) is 5.56 Å². The van der Waals surface area contributed by atoms with Gasteiger partial charge in [0.1, 0.15) is 0 Å². The van der Waals surface area contributed by atoms with E-state index in [2.05, 4.69) is 27.8 Å². The zero-order chi connectivity index (χ0) is 13.0. The standard InChI is InChI=1S/C12H20BrN3O/c1-9(2)16-8-6-14-11(12(16)17)15(4)7-5-10(3)13/h6,8-10H,5,7H2,1-4H3. The van der Waals surface area contributed by atoms with Crippen molar-refractivity contribution in [2.75, 3.05) is 18.5 Å². The summed E-state index contributed by atoms with van der Waals surface area (Å²) in [6, 6.07) is 0.160. The molecule has 17 heavy (non-hydrogen) atoms. The van der Waals surface area contributed by atoms with Gasteiger partial charge in [-0.15, -0.1) is 0 Å². The van der Waals surface area contributed by atoms with Crippen molar-refractivity contribution in [1.82, 2.24) is 9.55 Å². The van der Waals surface area contributed by atoms with Crippen molar-refractivity contribution in [3.05, 3.63) is 22.7 Å². The highest BCUT2D eigenvalue weighted by Crippen LogP contribution is 2.08. The second-order valence-corrected chi connectivity index (χ2v) is 6.11. The average Bonchev–Trinajstić information content (AvgIpc) is 2.25. The zero-order valence-electron chi connectivity index (χ0n) is 10.9. The third kappa shape index (κ3) is 3.84. The highest BCUT2D eigenvalue weighted by atomic mass is 79.9. The third-order valence-corrected chi connectivity index (χ3v) is 3.09. The summed E-state index contributed by atoms with van der Waals surface area (Å²) in [4.78, 5) is 18.7. The van der Waals surface area contributed by atoms with Crippen molar-refractivity contribution in [2.24, 2.45) is 0 Å². The number of nitrogens with zero attached hydrogens (tertiary/aromatic N) is 3. The molecule has 4 nitrogen and oxygen atoms in total. The molecule has 0 saturated carbocycles. The van der Waals surface area contributed by atoms with Gasteiger partial charge in [-0.25, -0.2) is 4.98 Å². The lowest BCUT2D eigenvalue weighted by Gasteiger charge is -2.19. The van der Waals surface area contributed by atoms with Gasteiger partial charge in [-0.1, -0.05) is 22.9 Å². The summed E-state index contributed by atoms with van der Waals surface area (Å²) in [6.45, 7) is 6.90. The SMILES string of the molecule is CC(Br)CCN(C)c1nccn(C(C)C)c1=O. The van der Waals surface area contributed by atoms with Gasteiger partial charge >= 0.3 is 0 Å². The van der Waals surface area contributed by atoms with Crippen molar-refractivity contribution in [3.8, 4) is 0 Å². The average molecular weight is 302 g/mol. The summed E-state index contributed by atoms with van der Waals surface area (Å²) in [7, 11) is 1.91. The van der Waals surface area contributed by atoms with E-state index in [9.17, 15) is 4.79 Å². The number of hydrogen-bond acceptors (Lipinski definition) is 3. The Morgan fingerprint density at radius 1 is 1.47 bits per heavy atom. The van der Waals surface area contributed by atoms with Crippen LogP contribution in [0.2, 0.25) is 0 Å². The van der Waals surface area contributed by atoms with E-state index in [4.69, 9.17) is 0 Å². The maximum Gasteiger partial charge on any atom is 0.293 e. The number of aromatic nitrogens is 2. The first-order chi connectivity index (χ1) is 7.93. The summed E-state index contributed by atoms with van der Waals surface area (Å²) in [5, 5.41) is 0. The van der Waals surface area contributed by atoms with Crippen molar-refractivity contribution < 1.29 is 0 Å². The van der Waals surface area contributed by atoms with Crippen LogP contribution in [0.3, 0.4) is 0 Å². The Kier molecular flexibility index (Phi) is 5.18. The molecule has 0 radical (unpaired) electrons. The fraction of sp³-hybridized carbons (Fsp3) is 0.667. The molecule has 0 aliphatic rings. The first-order valence-electron chi connectivity index (χ1n) is 5.85. The van der Waals surface area contributed by atoms with Crippen LogP contribution in [0, 0.1) is 0 Å². The predicted octanol–water partition coefficient (Wildman–Crippen LogP) is 2.43. The lowest BCUT2D eigenvalue weighted by molar-refractivity contribution is 0.572. The molecule has 0 spiro atoms. The molecule has 96 valence electrons. The van der Waals surface area contributed by atoms with Crippen LogP contribution in [0.15, 0.2) is 17.2 Å². The summed E-state index contributed by atoms with van der Waals surface area (Å²) in [5.41, 5.74) is -0.0211. The van der Waals surface area contributed by atoms with E-state index < -0.39 is 0 Å². The summed E-state index contributed by atoms with van der Waals surface area (Å²) < 4.78 is 1.70. The van der Waals surface area contributed by atoms with Gasteiger partial charge in [-0.2, -0.15) is 0 Å². The van der Waals surface area contributed by atoms with Gasteiger partial charge in [0.2, 0.25) is 0 Å². The lowest BCUT2D eigenvalue weighted by atomic mass is 10.3. The molecule has 1 rings (SSSR count). The van der Waals surface area contributed by atoms with Crippen LogP contribution in [0.25, 0.3) is 0 Å². The molecule has 0 aliphatic heterocycles. The van der Waals surface area contributed by atoms with E-state index in [-0.39, 0.29) is 11.6 Å². The highest BCUT2D eigenvalue weighted by Gasteiger charge is 2.11. The van der Waals surface area contributed by atoms with Gasteiger partial charge in [0.05, 0.1) is 0 Å².